The molecule has 0 spiro atoms. The number of morpholine rings is 1. The summed E-state index contributed by atoms with van der Waals surface area (Å²) >= 11 is 0. The minimum Gasteiger partial charge on any atom is -0.496 e. The maximum absolute atomic E-state index is 13.0. The first-order valence-corrected chi connectivity index (χ1v) is 11.5. The summed E-state index contributed by atoms with van der Waals surface area (Å²) in [6.45, 7) is 3.34. The van der Waals surface area contributed by atoms with Crippen LogP contribution in [-0.4, -0.2) is 59.2 Å². The van der Waals surface area contributed by atoms with E-state index in [0.29, 0.717) is 55.5 Å². The second-order valence-corrected chi connectivity index (χ2v) is 9.18. The van der Waals surface area contributed by atoms with Crippen LogP contribution in [0.1, 0.15) is 17.5 Å². The number of nitrogens with zero attached hydrogens (tertiary/aromatic N) is 1. The molecule has 3 rings (SSSR count). The van der Waals surface area contributed by atoms with Crippen LogP contribution in [-0.2, 0) is 26.0 Å². The van der Waals surface area contributed by atoms with Crippen LogP contribution < -0.4 is 14.8 Å². The van der Waals surface area contributed by atoms with E-state index < -0.39 is 10.0 Å². The van der Waals surface area contributed by atoms with Crippen molar-refractivity contribution >= 4 is 21.6 Å². The predicted octanol–water partition coefficient (Wildman–Crippen LogP) is 2.60. The minimum absolute atomic E-state index is 0.161. The molecule has 8 nitrogen and oxygen atoms in total. The SMILES string of the molecule is COc1ccc(S(=O)(=O)N2CCOCC2)cc1CCC(=O)Nc1cc(C)ccc1OC. The molecule has 0 atom stereocenters. The van der Waals surface area contributed by atoms with Gasteiger partial charge < -0.3 is 19.5 Å². The van der Waals surface area contributed by atoms with Crippen molar-refractivity contribution < 1.29 is 27.4 Å². The van der Waals surface area contributed by atoms with Gasteiger partial charge in [-0.05, 0) is 54.8 Å². The summed E-state index contributed by atoms with van der Waals surface area (Å²) in [5.74, 6) is 0.921. The lowest BCUT2D eigenvalue weighted by Gasteiger charge is -2.26. The highest BCUT2D eigenvalue weighted by Crippen LogP contribution is 2.28. The Kier molecular flexibility index (Phi) is 7.53. The van der Waals surface area contributed by atoms with E-state index in [-0.39, 0.29) is 17.2 Å². The Bertz CT molecular complexity index is 1030. The van der Waals surface area contributed by atoms with Crippen molar-refractivity contribution in [1.82, 2.24) is 4.31 Å². The minimum atomic E-state index is -3.63. The summed E-state index contributed by atoms with van der Waals surface area (Å²) in [6.07, 6.45) is 0.490. The Morgan fingerprint density at radius 3 is 2.42 bits per heavy atom. The number of hydrogen-bond donors (Lipinski definition) is 1. The van der Waals surface area contributed by atoms with Crippen LogP contribution >= 0.6 is 0 Å². The molecule has 0 aliphatic carbocycles. The van der Waals surface area contributed by atoms with Gasteiger partial charge in [0.15, 0.2) is 0 Å². The molecule has 9 heteroatoms. The Hall–Kier alpha value is -2.62. The maximum Gasteiger partial charge on any atom is 0.243 e. The van der Waals surface area contributed by atoms with E-state index in [1.165, 1.54) is 17.5 Å². The van der Waals surface area contributed by atoms with Crippen LogP contribution in [0.4, 0.5) is 5.69 Å². The van der Waals surface area contributed by atoms with Crippen molar-refractivity contribution in [2.24, 2.45) is 0 Å². The molecule has 1 aliphatic heterocycles. The average molecular weight is 449 g/mol. The van der Waals surface area contributed by atoms with Gasteiger partial charge in [-0.15, -0.1) is 0 Å². The van der Waals surface area contributed by atoms with Gasteiger partial charge in [0, 0.05) is 19.5 Å². The molecule has 0 unspecified atom stereocenters. The van der Waals surface area contributed by atoms with E-state index in [4.69, 9.17) is 14.2 Å². The predicted molar refractivity (Wildman–Crippen MR) is 117 cm³/mol. The fourth-order valence-electron chi connectivity index (χ4n) is 3.43. The zero-order chi connectivity index (χ0) is 22.4. The van der Waals surface area contributed by atoms with Crippen LogP contribution in [0, 0.1) is 6.92 Å². The summed E-state index contributed by atoms with van der Waals surface area (Å²) in [5, 5.41) is 2.86. The molecular weight excluding hydrogens is 420 g/mol. The molecule has 2 aromatic rings. The van der Waals surface area contributed by atoms with Crippen molar-refractivity contribution in [3.63, 3.8) is 0 Å². The first-order chi connectivity index (χ1) is 14.8. The highest BCUT2D eigenvalue weighted by Gasteiger charge is 2.27. The number of rotatable bonds is 8. The van der Waals surface area contributed by atoms with E-state index in [2.05, 4.69) is 5.32 Å². The van der Waals surface area contributed by atoms with Crippen LogP contribution in [0.2, 0.25) is 0 Å². The van der Waals surface area contributed by atoms with E-state index >= 15 is 0 Å². The maximum atomic E-state index is 13.0. The molecule has 0 saturated carbocycles. The summed E-state index contributed by atoms with van der Waals surface area (Å²) in [7, 11) is -0.562. The van der Waals surface area contributed by atoms with Gasteiger partial charge in [-0.25, -0.2) is 8.42 Å². The van der Waals surface area contributed by atoms with Crippen molar-refractivity contribution in [2.75, 3.05) is 45.8 Å². The highest BCUT2D eigenvalue weighted by molar-refractivity contribution is 7.89. The molecule has 0 bridgehead atoms. The van der Waals surface area contributed by atoms with Crippen LogP contribution in [0.25, 0.3) is 0 Å². The lowest BCUT2D eigenvalue weighted by Crippen LogP contribution is -2.40. The smallest absolute Gasteiger partial charge is 0.243 e. The van der Waals surface area contributed by atoms with Crippen molar-refractivity contribution in [3.05, 3.63) is 47.5 Å². The highest BCUT2D eigenvalue weighted by atomic mass is 32.2. The molecule has 1 aliphatic rings. The lowest BCUT2D eigenvalue weighted by atomic mass is 10.1. The van der Waals surface area contributed by atoms with Gasteiger partial charge in [-0.1, -0.05) is 6.07 Å². The molecule has 1 heterocycles. The van der Waals surface area contributed by atoms with E-state index in [1.54, 1.807) is 25.3 Å². The van der Waals surface area contributed by atoms with Crippen molar-refractivity contribution in [3.8, 4) is 11.5 Å². The normalized spacial score (nSPS) is 14.8. The topological polar surface area (TPSA) is 94.2 Å². The second-order valence-electron chi connectivity index (χ2n) is 7.24. The van der Waals surface area contributed by atoms with Gasteiger partial charge in [-0.3, -0.25) is 4.79 Å². The van der Waals surface area contributed by atoms with Crippen LogP contribution in [0.15, 0.2) is 41.3 Å². The molecular formula is C22H28N2O6S. The molecule has 1 amide bonds. The quantitative estimate of drug-likeness (QED) is 0.667. The first kappa shape index (κ1) is 23.1. The molecule has 0 aromatic heterocycles. The number of hydrogen-bond acceptors (Lipinski definition) is 6. The standard InChI is InChI=1S/C22H28N2O6S/c1-16-4-7-21(29-3)19(14-16)23-22(25)9-5-17-15-18(6-8-20(17)28-2)31(26,27)24-10-12-30-13-11-24/h4,6-8,14-15H,5,9-13H2,1-3H3,(H,23,25). The van der Waals surface area contributed by atoms with Gasteiger partial charge >= 0.3 is 0 Å². The van der Waals surface area contributed by atoms with E-state index in [0.717, 1.165) is 5.56 Å². The Morgan fingerprint density at radius 1 is 1.06 bits per heavy atom. The van der Waals surface area contributed by atoms with Crippen molar-refractivity contribution in [2.45, 2.75) is 24.7 Å². The zero-order valence-electron chi connectivity index (χ0n) is 18.0. The zero-order valence-corrected chi connectivity index (χ0v) is 18.8. The molecule has 1 saturated heterocycles. The number of benzene rings is 2. The monoisotopic (exact) mass is 448 g/mol. The largest absolute Gasteiger partial charge is 0.496 e. The summed E-state index contributed by atoms with van der Waals surface area (Å²) in [6, 6.07) is 10.3. The molecule has 168 valence electrons. The fraction of sp³-hybridized carbons (Fsp3) is 0.409. The summed E-state index contributed by atoms with van der Waals surface area (Å²) in [5.41, 5.74) is 2.25. The number of sulfonamides is 1. The van der Waals surface area contributed by atoms with Gasteiger partial charge in [0.1, 0.15) is 11.5 Å². The lowest BCUT2D eigenvalue weighted by molar-refractivity contribution is -0.116. The van der Waals surface area contributed by atoms with Crippen LogP contribution in [0.3, 0.4) is 0 Å². The van der Waals surface area contributed by atoms with Gasteiger partial charge in [0.05, 0.1) is 38.0 Å². The number of carbonyl (C=O) groups is 1. The number of amides is 1. The number of anilines is 1. The van der Waals surface area contributed by atoms with Gasteiger partial charge in [0.2, 0.25) is 15.9 Å². The van der Waals surface area contributed by atoms with Crippen LogP contribution in [0.5, 0.6) is 11.5 Å². The molecule has 31 heavy (non-hydrogen) atoms. The summed E-state index contributed by atoms with van der Waals surface area (Å²) < 4.78 is 43.3. The Balaban J connectivity index is 1.74. The Labute approximate surface area is 183 Å². The first-order valence-electron chi connectivity index (χ1n) is 10.0. The number of aryl methyl sites for hydroxylation is 2. The van der Waals surface area contributed by atoms with Gasteiger partial charge in [0.25, 0.3) is 0 Å². The number of carbonyl (C=O) groups excluding carboxylic acids is 1. The van der Waals surface area contributed by atoms with Gasteiger partial charge in [-0.2, -0.15) is 4.31 Å². The Morgan fingerprint density at radius 2 is 1.74 bits per heavy atom. The third-order valence-electron chi connectivity index (χ3n) is 5.11. The third kappa shape index (κ3) is 5.55. The third-order valence-corrected chi connectivity index (χ3v) is 7.00. The molecule has 1 fully saturated rings. The fourth-order valence-corrected chi connectivity index (χ4v) is 4.89. The molecule has 2 aromatic carbocycles. The van der Waals surface area contributed by atoms with Crippen molar-refractivity contribution in [1.29, 1.82) is 0 Å². The average Bonchev–Trinajstić information content (AvgIpc) is 2.78. The van der Waals surface area contributed by atoms with E-state index in [1.807, 2.05) is 19.1 Å². The number of methoxy groups -OCH3 is 2. The summed E-state index contributed by atoms with van der Waals surface area (Å²) in [4.78, 5) is 12.7. The van der Waals surface area contributed by atoms with E-state index in [9.17, 15) is 13.2 Å². The molecule has 0 radical (unpaired) electrons. The number of nitrogens with one attached hydrogen (secondary N) is 1. The second kappa shape index (κ2) is 10.1. The molecule has 1 N–H and O–H groups in total. The number of ether oxygens (including phenoxy) is 3.